The lowest BCUT2D eigenvalue weighted by Gasteiger charge is -2.24. The van der Waals surface area contributed by atoms with Gasteiger partial charge < -0.3 is 35.5 Å². The fraction of sp³-hybridized carbons (Fsp3) is 0.412. The number of nitrogens with one attached hydrogen (secondary N) is 1. The summed E-state index contributed by atoms with van der Waals surface area (Å²) in [4.78, 5) is 16.3. The highest BCUT2D eigenvalue weighted by Crippen LogP contribution is 2.44. The average molecular weight is 378 g/mol. The van der Waals surface area contributed by atoms with Crippen LogP contribution in [-0.2, 0) is 11.3 Å². The number of ether oxygens (including phenoxy) is 3. The van der Waals surface area contributed by atoms with Gasteiger partial charge in [0.25, 0.3) is 0 Å². The molecule has 3 rings (SSSR count). The van der Waals surface area contributed by atoms with Gasteiger partial charge in [-0.15, -0.1) is 0 Å². The molecule has 0 saturated heterocycles. The van der Waals surface area contributed by atoms with Gasteiger partial charge in [-0.3, -0.25) is 4.57 Å². The van der Waals surface area contributed by atoms with Crippen molar-refractivity contribution < 1.29 is 24.4 Å². The van der Waals surface area contributed by atoms with Gasteiger partial charge in [0, 0.05) is 13.7 Å². The van der Waals surface area contributed by atoms with E-state index in [0.29, 0.717) is 36.1 Å². The van der Waals surface area contributed by atoms with Gasteiger partial charge >= 0.3 is 5.69 Å². The Morgan fingerprint density at radius 2 is 2.22 bits per heavy atom. The van der Waals surface area contributed by atoms with Gasteiger partial charge in [0.2, 0.25) is 0 Å². The fourth-order valence-electron chi connectivity index (χ4n) is 2.69. The van der Waals surface area contributed by atoms with Gasteiger partial charge in [0.15, 0.2) is 17.3 Å². The normalized spacial score (nSPS) is 14.4. The summed E-state index contributed by atoms with van der Waals surface area (Å²) in [6, 6.07) is 5.28. The van der Waals surface area contributed by atoms with E-state index in [1.54, 1.807) is 18.2 Å². The zero-order chi connectivity index (χ0) is 19.4. The number of aliphatic hydroxyl groups is 2. The largest absolute Gasteiger partial charge is 0.490 e. The summed E-state index contributed by atoms with van der Waals surface area (Å²) in [6.07, 6.45) is -0.450. The number of benzene rings is 1. The molecule has 0 amide bonds. The van der Waals surface area contributed by atoms with E-state index in [1.165, 1.54) is 17.9 Å². The average Bonchev–Trinajstić information content (AvgIpc) is 2.66. The number of rotatable bonds is 8. The van der Waals surface area contributed by atoms with Gasteiger partial charge in [0.1, 0.15) is 30.3 Å². The fourth-order valence-corrected chi connectivity index (χ4v) is 2.69. The van der Waals surface area contributed by atoms with Crippen LogP contribution in [0, 0.1) is 0 Å². The molecular formula is C17H22N4O6. The molecule has 0 unspecified atom stereocenters. The summed E-state index contributed by atoms with van der Waals surface area (Å²) in [5.41, 5.74) is 5.44. The molecule has 0 radical (unpaired) electrons. The first-order valence-electron chi connectivity index (χ1n) is 8.41. The van der Waals surface area contributed by atoms with Crippen LogP contribution >= 0.6 is 0 Å². The maximum absolute atomic E-state index is 12.3. The third-order valence-electron chi connectivity index (χ3n) is 4.08. The molecule has 2 atom stereocenters. The zero-order valence-corrected chi connectivity index (χ0v) is 14.8. The maximum atomic E-state index is 12.3. The van der Waals surface area contributed by atoms with Crippen molar-refractivity contribution in [3.63, 3.8) is 0 Å². The molecule has 1 aromatic carbocycles. The smallest absolute Gasteiger partial charge is 0.349 e. The predicted molar refractivity (Wildman–Crippen MR) is 96.7 cm³/mol. The molecule has 1 aliphatic rings. The van der Waals surface area contributed by atoms with E-state index in [4.69, 9.17) is 19.9 Å². The highest BCUT2D eigenvalue weighted by atomic mass is 16.5. The first-order valence-corrected chi connectivity index (χ1v) is 8.41. The lowest BCUT2D eigenvalue weighted by Crippen LogP contribution is -2.38. The highest BCUT2D eigenvalue weighted by Gasteiger charge is 2.24. The van der Waals surface area contributed by atoms with E-state index < -0.39 is 17.9 Å². The van der Waals surface area contributed by atoms with Crippen molar-refractivity contribution in [1.82, 2.24) is 9.55 Å². The number of nitrogens with two attached hydrogens (primary N) is 1. The molecule has 5 N–H and O–H groups in total. The Morgan fingerprint density at radius 3 is 2.93 bits per heavy atom. The minimum absolute atomic E-state index is 0.103. The van der Waals surface area contributed by atoms with Crippen molar-refractivity contribution in [2.75, 3.05) is 32.2 Å². The number of fused-ring (bicyclic) bond motifs is 2. The number of nitrogens with zero attached hydrogens (tertiary/aromatic N) is 2. The molecule has 1 aliphatic heterocycles. The standard InChI is InChI=1S/C17H22N4O6/c1-25-14(9-22)10(23)7-21-8-13-16(20-17(21)24)19-15-11(26-6-5-18)3-2-4-12(15)27-13/h2-4,8,10,14,22-23H,5-7,9,18H2,1H3,(H,19,20,24)/t10-,14+/m0/s1. The second-order valence-corrected chi connectivity index (χ2v) is 5.91. The van der Waals surface area contributed by atoms with Crippen molar-refractivity contribution in [3.05, 3.63) is 34.9 Å². The molecule has 2 aromatic rings. The molecule has 2 heterocycles. The predicted octanol–water partition coefficient (Wildman–Crippen LogP) is -0.202. The van der Waals surface area contributed by atoms with Crippen molar-refractivity contribution in [1.29, 1.82) is 0 Å². The van der Waals surface area contributed by atoms with Crippen LogP contribution in [0.1, 0.15) is 0 Å². The number of para-hydroxylation sites is 1. The summed E-state index contributed by atoms with van der Waals surface area (Å²) in [6.45, 7) is 0.224. The Morgan fingerprint density at radius 1 is 1.41 bits per heavy atom. The zero-order valence-electron chi connectivity index (χ0n) is 14.8. The van der Waals surface area contributed by atoms with E-state index in [-0.39, 0.29) is 19.0 Å². The molecule has 0 spiro atoms. The molecule has 0 aliphatic carbocycles. The van der Waals surface area contributed by atoms with Crippen LogP contribution in [0.2, 0.25) is 0 Å². The number of aromatic nitrogens is 2. The van der Waals surface area contributed by atoms with Crippen molar-refractivity contribution in [3.8, 4) is 17.2 Å². The van der Waals surface area contributed by atoms with Crippen molar-refractivity contribution in [2.24, 2.45) is 5.73 Å². The number of aliphatic hydroxyl groups excluding tert-OH is 2. The SMILES string of the molecule is CO[C@H](CO)[C@@H](O)Cn1cc2c(nc1=O)Nc1c(OCCN)cccc1O2. The molecule has 1 aromatic heterocycles. The lowest BCUT2D eigenvalue weighted by atomic mass is 10.2. The van der Waals surface area contributed by atoms with Gasteiger partial charge in [-0.25, -0.2) is 4.79 Å². The number of hydrogen-bond donors (Lipinski definition) is 4. The summed E-state index contributed by atoms with van der Waals surface area (Å²) >= 11 is 0. The third-order valence-corrected chi connectivity index (χ3v) is 4.08. The first-order chi connectivity index (χ1) is 13.1. The number of anilines is 2. The van der Waals surface area contributed by atoms with Crippen molar-refractivity contribution in [2.45, 2.75) is 18.8 Å². The molecule has 10 heteroatoms. The van der Waals surface area contributed by atoms with E-state index in [0.717, 1.165) is 0 Å². The second-order valence-electron chi connectivity index (χ2n) is 5.91. The monoisotopic (exact) mass is 378 g/mol. The molecule has 0 saturated carbocycles. The topological polar surface area (TPSA) is 141 Å². The Hall–Kier alpha value is -2.66. The van der Waals surface area contributed by atoms with Gasteiger partial charge in [0.05, 0.1) is 19.3 Å². The highest BCUT2D eigenvalue weighted by molar-refractivity contribution is 5.77. The van der Waals surface area contributed by atoms with Crippen LogP contribution in [0.25, 0.3) is 0 Å². The maximum Gasteiger partial charge on any atom is 0.349 e. The van der Waals surface area contributed by atoms with Crippen LogP contribution in [0.5, 0.6) is 17.2 Å². The van der Waals surface area contributed by atoms with Crippen LogP contribution in [0.4, 0.5) is 11.5 Å². The number of methoxy groups -OCH3 is 1. The van der Waals surface area contributed by atoms with Gasteiger partial charge in [-0.05, 0) is 12.1 Å². The van der Waals surface area contributed by atoms with Crippen LogP contribution < -0.4 is 26.2 Å². The molecule has 0 fully saturated rings. The minimum Gasteiger partial charge on any atom is -0.490 e. The molecule has 146 valence electrons. The van der Waals surface area contributed by atoms with E-state index in [9.17, 15) is 15.0 Å². The van der Waals surface area contributed by atoms with Crippen molar-refractivity contribution >= 4 is 11.5 Å². The van der Waals surface area contributed by atoms with Crippen LogP contribution in [0.3, 0.4) is 0 Å². The first kappa shape index (κ1) is 19.1. The summed E-state index contributed by atoms with van der Waals surface area (Å²) in [7, 11) is 1.37. The van der Waals surface area contributed by atoms with E-state index >= 15 is 0 Å². The Kier molecular flexibility index (Phi) is 5.91. The third kappa shape index (κ3) is 4.03. The minimum atomic E-state index is -1.09. The van der Waals surface area contributed by atoms with E-state index in [2.05, 4.69) is 10.3 Å². The Balaban J connectivity index is 1.86. The quantitative estimate of drug-likeness (QED) is 0.419. The van der Waals surface area contributed by atoms with Crippen LogP contribution in [-0.4, -0.2) is 58.8 Å². The molecular weight excluding hydrogens is 356 g/mol. The summed E-state index contributed by atoms with van der Waals surface area (Å²) in [5, 5.41) is 22.3. The molecule has 27 heavy (non-hydrogen) atoms. The Labute approximate surface area is 155 Å². The van der Waals surface area contributed by atoms with Gasteiger partial charge in [-0.1, -0.05) is 6.07 Å². The van der Waals surface area contributed by atoms with Gasteiger partial charge in [-0.2, -0.15) is 4.98 Å². The summed E-state index contributed by atoms with van der Waals surface area (Å²) in [5.74, 6) is 1.61. The number of hydrogen-bond acceptors (Lipinski definition) is 9. The Bertz CT molecular complexity index is 852. The van der Waals surface area contributed by atoms with E-state index in [1.807, 2.05) is 0 Å². The summed E-state index contributed by atoms with van der Waals surface area (Å²) < 4.78 is 17.6. The molecule has 0 bridgehead atoms. The molecule has 10 nitrogen and oxygen atoms in total. The van der Waals surface area contributed by atoms with Crippen LogP contribution in [0.15, 0.2) is 29.2 Å². The second kappa shape index (κ2) is 8.35. The lowest BCUT2D eigenvalue weighted by molar-refractivity contribution is -0.0475.